The van der Waals surface area contributed by atoms with Crippen LogP contribution in [-0.2, 0) is 11.3 Å². The maximum Gasteiger partial charge on any atom is 0.256 e. The summed E-state index contributed by atoms with van der Waals surface area (Å²) in [4.78, 5) is 28.8. The van der Waals surface area contributed by atoms with Gasteiger partial charge < -0.3 is 24.8 Å². The van der Waals surface area contributed by atoms with Gasteiger partial charge in [-0.15, -0.1) is 0 Å². The Morgan fingerprint density at radius 3 is 2.53 bits per heavy atom. The highest BCUT2D eigenvalue weighted by atomic mass is 35.5. The van der Waals surface area contributed by atoms with Gasteiger partial charge in [0.15, 0.2) is 0 Å². The van der Waals surface area contributed by atoms with Gasteiger partial charge in [0.1, 0.15) is 12.3 Å². The van der Waals surface area contributed by atoms with E-state index in [1.165, 1.54) is 0 Å². The molecule has 4 rings (SSSR count). The molecule has 0 aliphatic carbocycles. The van der Waals surface area contributed by atoms with E-state index in [1.807, 2.05) is 35.2 Å². The smallest absolute Gasteiger partial charge is 0.256 e. The highest BCUT2D eigenvalue weighted by Crippen LogP contribution is 2.30. The van der Waals surface area contributed by atoms with E-state index in [0.29, 0.717) is 36.8 Å². The van der Waals surface area contributed by atoms with Crippen LogP contribution >= 0.6 is 11.6 Å². The van der Waals surface area contributed by atoms with Gasteiger partial charge in [-0.25, -0.2) is 0 Å². The first-order valence-corrected chi connectivity index (χ1v) is 10.1. The van der Waals surface area contributed by atoms with Gasteiger partial charge in [-0.1, -0.05) is 29.8 Å². The molecule has 0 unspecified atom stereocenters. The normalized spacial score (nSPS) is 14.2. The Morgan fingerprint density at radius 2 is 1.83 bits per heavy atom. The third-order valence-corrected chi connectivity index (χ3v) is 5.63. The number of primary amides is 1. The predicted octanol–water partition coefficient (Wildman–Crippen LogP) is 2.75. The summed E-state index contributed by atoms with van der Waals surface area (Å²) in [5.74, 6) is 0.283. The lowest BCUT2D eigenvalue weighted by molar-refractivity contribution is -0.118. The molecule has 0 bridgehead atoms. The van der Waals surface area contributed by atoms with Crippen molar-refractivity contribution in [2.24, 2.45) is 5.73 Å². The van der Waals surface area contributed by atoms with E-state index >= 15 is 0 Å². The fourth-order valence-corrected chi connectivity index (χ4v) is 4.11. The number of ether oxygens (including phenoxy) is 1. The highest BCUT2D eigenvalue weighted by Gasteiger charge is 2.26. The molecule has 8 heteroatoms. The van der Waals surface area contributed by atoms with E-state index in [0.717, 1.165) is 22.3 Å². The van der Waals surface area contributed by atoms with Crippen LogP contribution in [0.25, 0.3) is 10.9 Å². The molecule has 1 fully saturated rings. The molecule has 0 atom stereocenters. The van der Waals surface area contributed by atoms with Crippen molar-refractivity contribution in [1.82, 2.24) is 9.47 Å². The number of para-hydroxylation sites is 2. The van der Waals surface area contributed by atoms with Crippen molar-refractivity contribution < 1.29 is 14.3 Å². The SMILES string of the molecule is COc1ccccc1N1CCN(C(=O)c2cn(CC(N)=O)c3cc(Cl)ccc23)CC1. The number of aromatic nitrogens is 1. The maximum atomic E-state index is 13.3. The third kappa shape index (κ3) is 3.80. The van der Waals surface area contributed by atoms with Crippen molar-refractivity contribution in [1.29, 1.82) is 0 Å². The zero-order chi connectivity index (χ0) is 21.3. The summed E-state index contributed by atoms with van der Waals surface area (Å²) in [5, 5.41) is 1.30. The van der Waals surface area contributed by atoms with Crippen LogP contribution in [0.1, 0.15) is 10.4 Å². The molecule has 2 N–H and O–H groups in total. The summed E-state index contributed by atoms with van der Waals surface area (Å²) < 4.78 is 7.14. The van der Waals surface area contributed by atoms with Crippen molar-refractivity contribution in [3.05, 3.63) is 59.2 Å². The van der Waals surface area contributed by atoms with Gasteiger partial charge in [-0.2, -0.15) is 0 Å². The van der Waals surface area contributed by atoms with Crippen LogP contribution in [0, 0.1) is 0 Å². The minimum absolute atomic E-state index is 0.00823. The standard InChI is InChI=1S/C22H23ClN4O3/c1-30-20-5-3-2-4-18(20)25-8-10-26(11-9-25)22(29)17-13-27(14-21(24)28)19-12-15(23)6-7-16(17)19/h2-7,12-13H,8-11,14H2,1H3,(H2,24,28). The number of methoxy groups -OCH3 is 1. The number of hydrogen-bond donors (Lipinski definition) is 1. The van der Waals surface area contributed by atoms with Gasteiger partial charge in [-0.3, -0.25) is 9.59 Å². The molecule has 0 saturated carbocycles. The molecule has 3 aromatic rings. The Bertz CT molecular complexity index is 1100. The van der Waals surface area contributed by atoms with Crippen LogP contribution in [0.5, 0.6) is 5.75 Å². The molecule has 1 saturated heterocycles. The molecule has 1 aliphatic rings. The first-order chi connectivity index (χ1) is 14.5. The molecule has 30 heavy (non-hydrogen) atoms. The third-order valence-electron chi connectivity index (χ3n) is 5.39. The van der Waals surface area contributed by atoms with E-state index in [4.69, 9.17) is 22.1 Å². The maximum absolute atomic E-state index is 13.3. The van der Waals surface area contributed by atoms with Crippen molar-refractivity contribution in [2.45, 2.75) is 6.54 Å². The number of benzene rings is 2. The van der Waals surface area contributed by atoms with Gasteiger partial charge in [-0.05, 0) is 24.3 Å². The Hall–Kier alpha value is -3.19. The lowest BCUT2D eigenvalue weighted by atomic mass is 10.1. The molecule has 7 nitrogen and oxygen atoms in total. The zero-order valence-electron chi connectivity index (χ0n) is 16.7. The number of rotatable bonds is 5. The second-order valence-electron chi connectivity index (χ2n) is 7.25. The number of nitrogens with two attached hydrogens (primary N) is 1. The largest absolute Gasteiger partial charge is 0.495 e. The lowest BCUT2D eigenvalue weighted by Crippen LogP contribution is -2.48. The Kier molecular flexibility index (Phi) is 5.55. The number of fused-ring (bicyclic) bond motifs is 1. The van der Waals surface area contributed by atoms with E-state index in [-0.39, 0.29) is 12.5 Å². The average molecular weight is 427 g/mol. The first kappa shape index (κ1) is 20.1. The molecule has 0 spiro atoms. The summed E-state index contributed by atoms with van der Waals surface area (Å²) in [6, 6.07) is 13.2. The summed E-state index contributed by atoms with van der Waals surface area (Å²) in [6.45, 7) is 2.58. The Labute approximate surface area is 179 Å². The minimum Gasteiger partial charge on any atom is -0.495 e. The van der Waals surface area contributed by atoms with Gasteiger partial charge in [0.2, 0.25) is 5.91 Å². The van der Waals surface area contributed by atoms with Crippen LogP contribution in [0.3, 0.4) is 0 Å². The minimum atomic E-state index is -0.476. The summed E-state index contributed by atoms with van der Waals surface area (Å²) in [5.41, 5.74) is 7.67. The van der Waals surface area contributed by atoms with Crippen LogP contribution in [0.2, 0.25) is 5.02 Å². The molecule has 2 aromatic carbocycles. The summed E-state index contributed by atoms with van der Waals surface area (Å²) >= 11 is 6.12. The van der Waals surface area contributed by atoms with Crippen molar-refractivity contribution in [3.8, 4) is 5.75 Å². The van der Waals surface area contributed by atoms with Crippen LogP contribution in [0.15, 0.2) is 48.7 Å². The number of halogens is 1. The molecule has 156 valence electrons. The number of amides is 2. The second kappa shape index (κ2) is 8.28. The summed E-state index contributed by atoms with van der Waals surface area (Å²) in [7, 11) is 1.66. The molecule has 0 radical (unpaired) electrons. The zero-order valence-corrected chi connectivity index (χ0v) is 17.4. The molecule has 2 amide bonds. The Morgan fingerprint density at radius 1 is 1.10 bits per heavy atom. The average Bonchev–Trinajstić information content (AvgIpc) is 3.10. The number of hydrogen-bond acceptors (Lipinski definition) is 4. The monoisotopic (exact) mass is 426 g/mol. The van der Waals surface area contributed by atoms with Gasteiger partial charge in [0.25, 0.3) is 5.91 Å². The Balaban J connectivity index is 1.56. The van der Waals surface area contributed by atoms with Crippen molar-refractivity contribution in [3.63, 3.8) is 0 Å². The van der Waals surface area contributed by atoms with E-state index < -0.39 is 5.91 Å². The number of nitrogens with zero attached hydrogens (tertiary/aromatic N) is 3. The highest BCUT2D eigenvalue weighted by molar-refractivity contribution is 6.31. The van der Waals surface area contributed by atoms with Crippen molar-refractivity contribution in [2.75, 3.05) is 38.2 Å². The first-order valence-electron chi connectivity index (χ1n) is 9.72. The van der Waals surface area contributed by atoms with Crippen LogP contribution in [-0.4, -0.2) is 54.6 Å². The van der Waals surface area contributed by atoms with Gasteiger partial charge in [0, 0.05) is 42.8 Å². The predicted molar refractivity (Wildman–Crippen MR) is 117 cm³/mol. The number of carbonyl (C=O) groups excluding carboxylic acids is 2. The quantitative estimate of drug-likeness (QED) is 0.680. The van der Waals surface area contributed by atoms with E-state index in [2.05, 4.69) is 4.90 Å². The fraction of sp³-hybridized carbons (Fsp3) is 0.273. The molecular weight excluding hydrogens is 404 g/mol. The summed E-state index contributed by atoms with van der Waals surface area (Å²) in [6.07, 6.45) is 1.70. The molecule has 2 heterocycles. The van der Waals surface area contributed by atoms with Gasteiger partial charge >= 0.3 is 0 Å². The van der Waals surface area contributed by atoms with Gasteiger partial charge in [0.05, 0.1) is 23.9 Å². The van der Waals surface area contributed by atoms with Crippen LogP contribution in [0.4, 0.5) is 5.69 Å². The molecule has 1 aromatic heterocycles. The molecular formula is C22H23ClN4O3. The molecule has 1 aliphatic heterocycles. The second-order valence-corrected chi connectivity index (χ2v) is 7.69. The topological polar surface area (TPSA) is 80.8 Å². The van der Waals surface area contributed by atoms with E-state index in [9.17, 15) is 9.59 Å². The van der Waals surface area contributed by atoms with Crippen molar-refractivity contribution >= 4 is 40.0 Å². The fourth-order valence-electron chi connectivity index (χ4n) is 3.95. The lowest BCUT2D eigenvalue weighted by Gasteiger charge is -2.36. The van der Waals surface area contributed by atoms with Crippen LogP contribution < -0.4 is 15.4 Å². The number of anilines is 1. The number of piperazine rings is 1. The van der Waals surface area contributed by atoms with E-state index in [1.54, 1.807) is 30.0 Å². The number of carbonyl (C=O) groups is 2.